The van der Waals surface area contributed by atoms with Gasteiger partial charge in [-0.05, 0) is 41.3 Å². The first-order chi connectivity index (χ1) is 12.5. The number of allylic oxidation sites excluding steroid dienone is 2. The van der Waals surface area contributed by atoms with E-state index in [0.717, 1.165) is 11.1 Å². The zero-order valence-corrected chi connectivity index (χ0v) is 15.4. The molecule has 0 saturated carbocycles. The molecule has 0 saturated heterocycles. The molecule has 0 fully saturated rings. The number of Topliss-reactive ketones (excluding diaryl/α,β-unsaturated/α-hetero) is 1. The molecule has 4 rings (SSSR count). The molecule has 0 aromatic heterocycles. The van der Waals surface area contributed by atoms with E-state index in [2.05, 4.69) is 0 Å². The summed E-state index contributed by atoms with van der Waals surface area (Å²) < 4.78 is 5.48. The van der Waals surface area contributed by atoms with E-state index in [-0.39, 0.29) is 30.0 Å². The molecule has 1 aliphatic heterocycles. The van der Waals surface area contributed by atoms with Gasteiger partial charge < -0.3 is 4.74 Å². The largest absolute Gasteiger partial charge is 0.431 e. The first-order valence-electron chi connectivity index (χ1n) is 8.49. The second kappa shape index (κ2) is 6.90. The van der Waals surface area contributed by atoms with Crippen LogP contribution in [0.2, 0.25) is 10.0 Å². The third kappa shape index (κ3) is 3.29. The van der Waals surface area contributed by atoms with Gasteiger partial charge in [0.05, 0.1) is 6.42 Å². The summed E-state index contributed by atoms with van der Waals surface area (Å²) in [6.45, 7) is 0. The predicted octanol–water partition coefficient (Wildman–Crippen LogP) is 5.42. The van der Waals surface area contributed by atoms with Crippen LogP contribution in [0, 0.1) is 0 Å². The van der Waals surface area contributed by atoms with Crippen LogP contribution in [0.1, 0.15) is 42.2 Å². The molecule has 0 amide bonds. The lowest BCUT2D eigenvalue weighted by molar-refractivity contribution is -0.142. The van der Waals surface area contributed by atoms with Crippen molar-refractivity contribution in [1.29, 1.82) is 0 Å². The van der Waals surface area contributed by atoms with E-state index in [4.69, 9.17) is 27.9 Å². The number of halogens is 2. The molecule has 0 bridgehead atoms. The van der Waals surface area contributed by atoms with Gasteiger partial charge in [-0.25, -0.2) is 0 Å². The Kier molecular flexibility index (Phi) is 4.60. The van der Waals surface area contributed by atoms with Gasteiger partial charge in [0.25, 0.3) is 0 Å². The summed E-state index contributed by atoms with van der Waals surface area (Å²) in [5.74, 6) is -0.0122. The summed E-state index contributed by atoms with van der Waals surface area (Å²) in [6.07, 6.45) is 1.12. The third-order valence-corrected chi connectivity index (χ3v) is 5.54. The van der Waals surface area contributed by atoms with E-state index in [1.807, 2.05) is 36.4 Å². The van der Waals surface area contributed by atoms with E-state index < -0.39 is 0 Å². The first-order valence-corrected chi connectivity index (χ1v) is 9.24. The lowest BCUT2D eigenvalue weighted by atomic mass is 9.75. The molecule has 2 atom stereocenters. The number of carbonyl (C=O) groups is 2. The fourth-order valence-corrected chi connectivity index (χ4v) is 4.03. The van der Waals surface area contributed by atoms with Crippen LogP contribution in [0.4, 0.5) is 0 Å². The van der Waals surface area contributed by atoms with Crippen molar-refractivity contribution in [3.63, 3.8) is 0 Å². The Morgan fingerprint density at radius 1 is 0.769 bits per heavy atom. The molecule has 5 heteroatoms. The van der Waals surface area contributed by atoms with Gasteiger partial charge in [-0.2, -0.15) is 0 Å². The van der Waals surface area contributed by atoms with Crippen molar-refractivity contribution in [3.8, 4) is 0 Å². The fourth-order valence-electron chi connectivity index (χ4n) is 3.78. The molecular weight excluding hydrogens is 371 g/mol. The van der Waals surface area contributed by atoms with Crippen molar-refractivity contribution in [3.05, 3.63) is 81.0 Å². The van der Waals surface area contributed by atoms with Gasteiger partial charge >= 0.3 is 5.97 Å². The number of carbonyl (C=O) groups excluding carboxylic acids is 2. The normalized spacial score (nSPS) is 22.8. The predicted molar refractivity (Wildman–Crippen MR) is 100 cm³/mol. The van der Waals surface area contributed by atoms with E-state index >= 15 is 0 Å². The van der Waals surface area contributed by atoms with Crippen LogP contribution >= 0.6 is 23.2 Å². The lowest BCUT2D eigenvalue weighted by Gasteiger charge is -2.33. The maximum absolute atomic E-state index is 12.9. The Bertz CT molecular complexity index is 898. The summed E-state index contributed by atoms with van der Waals surface area (Å²) in [5.41, 5.74) is 2.58. The molecular formula is C21H16Cl2O3. The summed E-state index contributed by atoms with van der Waals surface area (Å²) >= 11 is 11.9. The molecule has 0 N–H and O–H groups in total. The van der Waals surface area contributed by atoms with Crippen molar-refractivity contribution in [1.82, 2.24) is 0 Å². The number of rotatable bonds is 2. The fraction of sp³-hybridized carbons (Fsp3) is 0.238. The van der Waals surface area contributed by atoms with Crippen molar-refractivity contribution >= 4 is 35.0 Å². The second-order valence-electron chi connectivity index (χ2n) is 6.70. The first kappa shape index (κ1) is 17.3. The highest BCUT2D eigenvalue weighted by Crippen LogP contribution is 2.44. The highest BCUT2D eigenvalue weighted by atomic mass is 35.5. The Balaban J connectivity index is 1.70. The van der Waals surface area contributed by atoms with Crippen molar-refractivity contribution in [2.24, 2.45) is 0 Å². The summed E-state index contributed by atoms with van der Waals surface area (Å²) in [6, 6.07) is 14.8. The zero-order valence-electron chi connectivity index (χ0n) is 13.9. The minimum atomic E-state index is -0.298. The van der Waals surface area contributed by atoms with Gasteiger partial charge in [-0.3, -0.25) is 9.59 Å². The summed E-state index contributed by atoms with van der Waals surface area (Å²) in [4.78, 5) is 25.1. The molecule has 3 nitrogen and oxygen atoms in total. The van der Waals surface area contributed by atoms with E-state index in [0.29, 0.717) is 34.2 Å². The minimum Gasteiger partial charge on any atom is -0.431 e. The number of hydrogen-bond donors (Lipinski definition) is 0. The standard InChI is InChI=1S/C21H16Cl2O3/c22-15-5-1-12(2-6-15)14-9-18(24)21-17(11-20(25)26-19(21)10-14)13-3-7-16(23)8-4-13/h1-8,14,17H,9-11H2/t14-,17+/m0/s1. The minimum absolute atomic E-state index is 0.00437. The van der Waals surface area contributed by atoms with Crippen LogP contribution in [0.5, 0.6) is 0 Å². The van der Waals surface area contributed by atoms with Crippen LogP contribution in [-0.2, 0) is 14.3 Å². The SMILES string of the molecule is O=C1C[C@H](c2ccc(Cl)cc2)C2=C(C[C@@H](c3ccc(Cl)cc3)CC2=O)O1. The number of hydrogen-bond acceptors (Lipinski definition) is 3. The molecule has 132 valence electrons. The molecule has 1 heterocycles. The maximum atomic E-state index is 12.9. The number of esters is 1. The van der Waals surface area contributed by atoms with Crippen LogP contribution < -0.4 is 0 Å². The number of ether oxygens (including phenoxy) is 1. The molecule has 2 aromatic rings. The van der Waals surface area contributed by atoms with Crippen LogP contribution in [0.3, 0.4) is 0 Å². The lowest BCUT2D eigenvalue weighted by Crippen LogP contribution is -2.30. The third-order valence-electron chi connectivity index (χ3n) is 5.03. The molecule has 0 unspecified atom stereocenters. The molecule has 0 spiro atoms. The van der Waals surface area contributed by atoms with Crippen LogP contribution in [0.25, 0.3) is 0 Å². The Hall–Kier alpha value is -2.10. The van der Waals surface area contributed by atoms with Gasteiger partial charge in [-0.1, -0.05) is 47.5 Å². The van der Waals surface area contributed by atoms with Crippen molar-refractivity contribution in [2.75, 3.05) is 0 Å². The quantitative estimate of drug-likeness (QED) is 0.646. The molecule has 2 aliphatic rings. The number of ketones is 1. The summed E-state index contributed by atoms with van der Waals surface area (Å²) in [5, 5.41) is 1.28. The van der Waals surface area contributed by atoms with E-state index in [1.165, 1.54) is 0 Å². The van der Waals surface area contributed by atoms with Gasteiger partial charge in [0.15, 0.2) is 5.78 Å². The van der Waals surface area contributed by atoms with Gasteiger partial charge in [0.1, 0.15) is 5.76 Å². The van der Waals surface area contributed by atoms with E-state index in [1.54, 1.807) is 12.1 Å². The number of benzene rings is 2. The second-order valence-corrected chi connectivity index (χ2v) is 7.57. The Morgan fingerprint density at radius 3 is 1.96 bits per heavy atom. The Morgan fingerprint density at radius 2 is 1.35 bits per heavy atom. The monoisotopic (exact) mass is 386 g/mol. The zero-order chi connectivity index (χ0) is 18.3. The maximum Gasteiger partial charge on any atom is 0.311 e. The van der Waals surface area contributed by atoms with Crippen molar-refractivity contribution in [2.45, 2.75) is 31.1 Å². The average Bonchev–Trinajstić information content (AvgIpc) is 2.62. The topological polar surface area (TPSA) is 43.4 Å². The Labute approximate surface area is 161 Å². The molecule has 1 aliphatic carbocycles. The average molecular weight is 387 g/mol. The van der Waals surface area contributed by atoms with Gasteiger partial charge in [0.2, 0.25) is 0 Å². The van der Waals surface area contributed by atoms with E-state index in [9.17, 15) is 9.59 Å². The smallest absolute Gasteiger partial charge is 0.311 e. The molecule has 0 radical (unpaired) electrons. The highest BCUT2D eigenvalue weighted by Gasteiger charge is 2.39. The highest BCUT2D eigenvalue weighted by molar-refractivity contribution is 6.30. The van der Waals surface area contributed by atoms with Crippen LogP contribution in [0.15, 0.2) is 59.9 Å². The summed E-state index contributed by atoms with van der Waals surface area (Å²) in [7, 11) is 0. The van der Waals surface area contributed by atoms with Gasteiger partial charge in [0, 0.05) is 34.4 Å². The molecule has 26 heavy (non-hydrogen) atoms. The molecule has 2 aromatic carbocycles. The van der Waals surface area contributed by atoms with Gasteiger partial charge in [-0.15, -0.1) is 0 Å². The van der Waals surface area contributed by atoms with Crippen molar-refractivity contribution < 1.29 is 14.3 Å². The van der Waals surface area contributed by atoms with Crippen LogP contribution in [-0.4, -0.2) is 11.8 Å².